The first kappa shape index (κ1) is 10.7. The number of nitrogens with zero attached hydrogens (tertiary/aromatic N) is 1. The molecule has 0 saturated heterocycles. The summed E-state index contributed by atoms with van der Waals surface area (Å²) in [6.07, 6.45) is 3.80. The molecule has 1 heteroatoms. The van der Waals surface area contributed by atoms with Crippen molar-refractivity contribution in [3.8, 4) is 0 Å². The third kappa shape index (κ3) is 2.86. The maximum atomic E-state index is 3.78. The van der Waals surface area contributed by atoms with Gasteiger partial charge in [-0.25, -0.2) is 0 Å². The van der Waals surface area contributed by atoms with Crippen LogP contribution in [0, 0.1) is 0 Å². The Morgan fingerprint density at radius 2 is 1.79 bits per heavy atom. The van der Waals surface area contributed by atoms with E-state index in [1.807, 2.05) is 18.2 Å². The highest BCUT2D eigenvalue weighted by Crippen LogP contribution is 2.06. The highest BCUT2D eigenvalue weighted by molar-refractivity contribution is 5.15. The van der Waals surface area contributed by atoms with Crippen LogP contribution in [0.3, 0.4) is 0 Å². The predicted octanol–water partition coefficient (Wildman–Crippen LogP) is 2.86. The summed E-state index contributed by atoms with van der Waals surface area (Å²) < 4.78 is 0. The van der Waals surface area contributed by atoms with Crippen molar-refractivity contribution in [2.24, 2.45) is 0 Å². The second-order valence-electron chi connectivity index (χ2n) is 3.36. The van der Waals surface area contributed by atoms with Crippen molar-refractivity contribution >= 4 is 0 Å². The van der Waals surface area contributed by atoms with Gasteiger partial charge in [-0.1, -0.05) is 42.5 Å². The summed E-state index contributed by atoms with van der Waals surface area (Å²) in [6, 6.07) is 10.6. The maximum Gasteiger partial charge on any atom is 0.0456 e. The zero-order valence-electron chi connectivity index (χ0n) is 8.69. The van der Waals surface area contributed by atoms with Crippen LogP contribution in [0.1, 0.15) is 5.56 Å². The first-order valence-corrected chi connectivity index (χ1v) is 4.77. The van der Waals surface area contributed by atoms with E-state index in [1.54, 1.807) is 0 Å². The summed E-state index contributed by atoms with van der Waals surface area (Å²) in [7, 11) is 2.07. The van der Waals surface area contributed by atoms with Crippen LogP contribution in [-0.4, -0.2) is 18.0 Å². The van der Waals surface area contributed by atoms with Crippen LogP contribution in [0.5, 0.6) is 0 Å². The number of rotatable bonds is 5. The molecule has 0 radical (unpaired) electrons. The highest BCUT2D eigenvalue weighted by Gasteiger charge is 2.06. The lowest BCUT2D eigenvalue weighted by Crippen LogP contribution is -2.27. The van der Waals surface area contributed by atoms with Crippen LogP contribution in [-0.2, 0) is 6.54 Å². The molecule has 0 fully saturated rings. The van der Waals surface area contributed by atoms with Crippen LogP contribution < -0.4 is 0 Å². The van der Waals surface area contributed by atoms with E-state index in [0.29, 0.717) is 0 Å². The van der Waals surface area contributed by atoms with Gasteiger partial charge in [0.05, 0.1) is 0 Å². The Morgan fingerprint density at radius 3 is 2.29 bits per heavy atom. The van der Waals surface area contributed by atoms with E-state index in [1.165, 1.54) is 5.56 Å². The summed E-state index contributed by atoms with van der Waals surface area (Å²) in [5.74, 6) is 0. The minimum absolute atomic E-state index is 0.246. The second-order valence-corrected chi connectivity index (χ2v) is 3.36. The average molecular weight is 187 g/mol. The Kier molecular flexibility index (Phi) is 4.14. The van der Waals surface area contributed by atoms with Crippen molar-refractivity contribution in [2.45, 2.75) is 12.6 Å². The Labute approximate surface area is 86.4 Å². The number of hydrogen-bond donors (Lipinski definition) is 0. The van der Waals surface area contributed by atoms with E-state index in [-0.39, 0.29) is 6.04 Å². The van der Waals surface area contributed by atoms with E-state index in [2.05, 4.69) is 49.4 Å². The van der Waals surface area contributed by atoms with Gasteiger partial charge in [-0.2, -0.15) is 0 Å². The monoisotopic (exact) mass is 187 g/mol. The number of likely N-dealkylation sites (N-methyl/N-ethyl adjacent to an activating group) is 1. The van der Waals surface area contributed by atoms with Gasteiger partial charge in [-0.15, -0.1) is 13.2 Å². The van der Waals surface area contributed by atoms with Crippen molar-refractivity contribution in [1.29, 1.82) is 0 Å². The van der Waals surface area contributed by atoms with Gasteiger partial charge in [-0.3, -0.25) is 4.90 Å². The van der Waals surface area contributed by atoms with Gasteiger partial charge in [0.1, 0.15) is 0 Å². The smallest absolute Gasteiger partial charge is 0.0456 e. The minimum Gasteiger partial charge on any atom is -0.292 e. The van der Waals surface area contributed by atoms with E-state index < -0.39 is 0 Å². The molecule has 0 atom stereocenters. The number of benzene rings is 1. The molecule has 0 bridgehead atoms. The molecular formula is C13H17N. The molecule has 1 nitrogen and oxygen atoms in total. The minimum atomic E-state index is 0.246. The molecule has 0 N–H and O–H groups in total. The SMILES string of the molecule is C=CC(C=C)N(C)Cc1ccccc1. The lowest BCUT2D eigenvalue weighted by molar-refractivity contribution is 0.311. The van der Waals surface area contributed by atoms with Crippen molar-refractivity contribution in [3.63, 3.8) is 0 Å². The molecule has 0 heterocycles. The summed E-state index contributed by atoms with van der Waals surface area (Å²) in [4.78, 5) is 2.20. The van der Waals surface area contributed by atoms with Gasteiger partial charge in [0.25, 0.3) is 0 Å². The number of hydrogen-bond acceptors (Lipinski definition) is 1. The van der Waals surface area contributed by atoms with E-state index in [9.17, 15) is 0 Å². The third-order valence-electron chi connectivity index (χ3n) is 2.27. The van der Waals surface area contributed by atoms with Crippen LogP contribution in [0.25, 0.3) is 0 Å². The molecule has 0 unspecified atom stereocenters. The summed E-state index contributed by atoms with van der Waals surface area (Å²) in [6.45, 7) is 8.48. The standard InChI is InChI=1S/C13H17N/c1-4-13(5-2)14(3)11-12-9-7-6-8-10-12/h4-10,13H,1-2,11H2,3H3. The van der Waals surface area contributed by atoms with Crippen molar-refractivity contribution in [1.82, 2.24) is 4.90 Å². The zero-order chi connectivity index (χ0) is 10.4. The molecular weight excluding hydrogens is 170 g/mol. The van der Waals surface area contributed by atoms with E-state index >= 15 is 0 Å². The van der Waals surface area contributed by atoms with Gasteiger partial charge in [-0.05, 0) is 12.6 Å². The fraction of sp³-hybridized carbons (Fsp3) is 0.231. The van der Waals surface area contributed by atoms with Crippen LogP contribution in [0.4, 0.5) is 0 Å². The molecule has 0 aromatic heterocycles. The molecule has 0 aliphatic rings. The Hall–Kier alpha value is -1.34. The van der Waals surface area contributed by atoms with Gasteiger partial charge < -0.3 is 0 Å². The lowest BCUT2D eigenvalue weighted by Gasteiger charge is -2.22. The first-order chi connectivity index (χ1) is 6.77. The second kappa shape index (κ2) is 5.40. The molecule has 1 rings (SSSR count). The summed E-state index contributed by atoms with van der Waals surface area (Å²) in [5, 5.41) is 0. The third-order valence-corrected chi connectivity index (χ3v) is 2.27. The van der Waals surface area contributed by atoms with Gasteiger partial charge in [0, 0.05) is 12.6 Å². The topological polar surface area (TPSA) is 3.24 Å². The van der Waals surface area contributed by atoms with Gasteiger partial charge in [0.15, 0.2) is 0 Å². The maximum absolute atomic E-state index is 3.78. The fourth-order valence-corrected chi connectivity index (χ4v) is 1.43. The van der Waals surface area contributed by atoms with Crippen LogP contribution in [0.2, 0.25) is 0 Å². The van der Waals surface area contributed by atoms with Crippen molar-refractivity contribution in [2.75, 3.05) is 7.05 Å². The van der Waals surface area contributed by atoms with Gasteiger partial charge in [0.2, 0.25) is 0 Å². The lowest BCUT2D eigenvalue weighted by atomic mass is 10.2. The zero-order valence-corrected chi connectivity index (χ0v) is 8.69. The highest BCUT2D eigenvalue weighted by atomic mass is 15.1. The molecule has 0 saturated carbocycles. The molecule has 0 amide bonds. The van der Waals surface area contributed by atoms with Gasteiger partial charge >= 0.3 is 0 Å². The largest absolute Gasteiger partial charge is 0.292 e. The molecule has 1 aromatic rings. The molecule has 0 aliphatic heterocycles. The summed E-state index contributed by atoms with van der Waals surface area (Å²) >= 11 is 0. The Bertz CT molecular complexity index is 281. The quantitative estimate of drug-likeness (QED) is 0.641. The molecule has 14 heavy (non-hydrogen) atoms. The van der Waals surface area contributed by atoms with Crippen LogP contribution >= 0.6 is 0 Å². The predicted molar refractivity (Wildman–Crippen MR) is 62.1 cm³/mol. The Balaban J connectivity index is 2.60. The van der Waals surface area contributed by atoms with E-state index in [0.717, 1.165) is 6.54 Å². The average Bonchev–Trinajstić information content (AvgIpc) is 2.21. The Morgan fingerprint density at radius 1 is 1.21 bits per heavy atom. The summed E-state index contributed by atoms with van der Waals surface area (Å²) in [5.41, 5.74) is 1.31. The normalized spacial score (nSPS) is 10.5. The molecule has 74 valence electrons. The molecule has 0 spiro atoms. The fourth-order valence-electron chi connectivity index (χ4n) is 1.43. The van der Waals surface area contributed by atoms with Crippen molar-refractivity contribution < 1.29 is 0 Å². The van der Waals surface area contributed by atoms with E-state index in [4.69, 9.17) is 0 Å². The van der Waals surface area contributed by atoms with Crippen LogP contribution in [0.15, 0.2) is 55.6 Å². The molecule has 0 aliphatic carbocycles. The molecule has 1 aromatic carbocycles. The first-order valence-electron chi connectivity index (χ1n) is 4.77. The van der Waals surface area contributed by atoms with Crippen molar-refractivity contribution in [3.05, 3.63) is 61.2 Å².